The van der Waals surface area contributed by atoms with Crippen LogP contribution in [0.4, 0.5) is 9.52 Å². The highest BCUT2D eigenvalue weighted by Gasteiger charge is 2.15. The number of carbonyl (C=O) groups excluding carboxylic acids is 1. The van der Waals surface area contributed by atoms with Gasteiger partial charge in [-0.15, -0.1) is 11.3 Å². The number of nitrogens with one attached hydrogen (secondary N) is 1. The zero-order valence-corrected chi connectivity index (χ0v) is 15.8. The molecule has 3 aromatic carbocycles. The first-order valence-corrected chi connectivity index (χ1v) is 9.49. The second-order valence-corrected chi connectivity index (χ2v) is 7.42. The summed E-state index contributed by atoms with van der Waals surface area (Å²) in [5, 5.41) is 7.20. The maximum absolute atomic E-state index is 13.9. The van der Waals surface area contributed by atoms with Gasteiger partial charge in [0.1, 0.15) is 5.82 Å². The average molecular weight is 427 g/mol. The summed E-state index contributed by atoms with van der Waals surface area (Å²) in [5.74, 6) is -1.10. The molecule has 1 amide bonds. The van der Waals surface area contributed by atoms with Crippen molar-refractivity contribution in [3.05, 3.63) is 81.9 Å². The molecule has 26 heavy (non-hydrogen) atoms. The van der Waals surface area contributed by atoms with Gasteiger partial charge < -0.3 is 0 Å². The minimum Gasteiger partial charge on any atom is -0.298 e. The number of carbonyl (C=O) groups is 1. The van der Waals surface area contributed by atoms with Gasteiger partial charge in [0.2, 0.25) is 0 Å². The van der Waals surface area contributed by atoms with Crippen LogP contribution in [-0.4, -0.2) is 10.9 Å². The van der Waals surface area contributed by atoms with Crippen LogP contribution in [0.1, 0.15) is 10.4 Å². The van der Waals surface area contributed by atoms with Crippen molar-refractivity contribution in [2.24, 2.45) is 0 Å². The van der Waals surface area contributed by atoms with Gasteiger partial charge in [-0.25, -0.2) is 9.37 Å². The number of hydrogen-bond acceptors (Lipinski definition) is 3. The Morgan fingerprint density at radius 1 is 1.08 bits per heavy atom. The molecule has 128 valence electrons. The Hall–Kier alpha value is -2.57. The maximum atomic E-state index is 13.9. The van der Waals surface area contributed by atoms with Gasteiger partial charge >= 0.3 is 0 Å². The van der Waals surface area contributed by atoms with Gasteiger partial charge in [-0.05, 0) is 29.0 Å². The van der Waals surface area contributed by atoms with E-state index in [0.29, 0.717) is 9.60 Å². The molecule has 1 aromatic heterocycles. The average Bonchev–Trinajstić information content (AvgIpc) is 3.09. The van der Waals surface area contributed by atoms with Gasteiger partial charge in [-0.2, -0.15) is 0 Å². The molecular formula is C20H12BrFN2OS. The lowest BCUT2D eigenvalue weighted by Gasteiger charge is -2.04. The van der Waals surface area contributed by atoms with Crippen molar-refractivity contribution in [1.29, 1.82) is 0 Å². The smallest absolute Gasteiger partial charge is 0.260 e. The lowest BCUT2D eigenvalue weighted by molar-refractivity contribution is 0.102. The zero-order valence-electron chi connectivity index (χ0n) is 13.4. The fourth-order valence-corrected chi connectivity index (χ4v) is 3.78. The van der Waals surface area contributed by atoms with Crippen LogP contribution >= 0.6 is 27.3 Å². The molecule has 0 unspecified atom stereocenters. The number of nitrogens with zero attached hydrogens (tertiary/aromatic N) is 1. The third-order valence-electron chi connectivity index (χ3n) is 3.97. The summed E-state index contributed by atoms with van der Waals surface area (Å²) < 4.78 is 14.5. The summed E-state index contributed by atoms with van der Waals surface area (Å²) >= 11 is 4.49. The van der Waals surface area contributed by atoms with Gasteiger partial charge in [0.15, 0.2) is 5.13 Å². The first-order chi connectivity index (χ1) is 12.6. The quantitative estimate of drug-likeness (QED) is 0.428. The van der Waals surface area contributed by atoms with E-state index in [1.165, 1.54) is 23.5 Å². The fraction of sp³-hybridized carbons (Fsp3) is 0. The van der Waals surface area contributed by atoms with Crippen LogP contribution in [-0.2, 0) is 0 Å². The molecule has 1 heterocycles. The zero-order chi connectivity index (χ0) is 18.1. The Morgan fingerprint density at radius 2 is 1.88 bits per heavy atom. The van der Waals surface area contributed by atoms with E-state index in [1.54, 1.807) is 6.07 Å². The Balaban J connectivity index is 1.63. The second kappa shape index (κ2) is 6.97. The van der Waals surface area contributed by atoms with Gasteiger partial charge in [0.25, 0.3) is 5.91 Å². The van der Waals surface area contributed by atoms with Gasteiger partial charge in [-0.1, -0.05) is 58.4 Å². The molecular weight excluding hydrogens is 415 g/mol. The van der Waals surface area contributed by atoms with E-state index in [1.807, 2.05) is 47.8 Å². The van der Waals surface area contributed by atoms with Crippen molar-refractivity contribution in [1.82, 2.24) is 4.98 Å². The molecule has 0 radical (unpaired) electrons. The van der Waals surface area contributed by atoms with Crippen LogP contribution in [0.5, 0.6) is 0 Å². The van der Waals surface area contributed by atoms with Crippen molar-refractivity contribution in [2.75, 3.05) is 5.32 Å². The van der Waals surface area contributed by atoms with E-state index in [-0.39, 0.29) is 5.56 Å². The van der Waals surface area contributed by atoms with Crippen molar-refractivity contribution in [3.63, 3.8) is 0 Å². The highest BCUT2D eigenvalue weighted by molar-refractivity contribution is 9.10. The molecule has 1 N–H and O–H groups in total. The third kappa shape index (κ3) is 3.25. The van der Waals surface area contributed by atoms with Crippen LogP contribution in [0.25, 0.3) is 22.0 Å². The lowest BCUT2D eigenvalue weighted by Crippen LogP contribution is -2.13. The molecule has 0 atom stereocenters. The second-order valence-electron chi connectivity index (χ2n) is 5.64. The molecule has 0 aliphatic carbocycles. The molecule has 0 spiro atoms. The van der Waals surface area contributed by atoms with E-state index in [9.17, 15) is 9.18 Å². The largest absolute Gasteiger partial charge is 0.298 e. The SMILES string of the molecule is O=C(Nc1nc(-c2cccc3ccccc23)cs1)c1ccc(Br)cc1F. The van der Waals surface area contributed by atoms with Gasteiger partial charge in [-0.3, -0.25) is 10.1 Å². The summed E-state index contributed by atoms with van der Waals surface area (Å²) in [7, 11) is 0. The summed E-state index contributed by atoms with van der Waals surface area (Å²) in [6.45, 7) is 0. The molecule has 6 heteroatoms. The van der Waals surface area contributed by atoms with Crippen molar-refractivity contribution in [2.45, 2.75) is 0 Å². The monoisotopic (exact) mass is 426 g/mol. The Labute approximate surface area is 161 Å². The van der Waals surface area contributed by atoms with E-state index in [2.05, 4.69) is 26.2 Å². The molecule has 0 fully saturated rings. The number of hydrogen-bond donors (Lipinski definition) is 1. The normalized spacial score (nSPS) is 10.8. The van der Waals surface area contributed by atoms with E-state index in [4.69, 9.17) is 0 Å². The predicted octanol–water partition coefficient (Wildman–Crippen LogP) is 6.12. The maximum Gasteiger partial charge on any atom is 0.260 e. The number of benzene rings is 3. The summed E-state index contributed by atoms with van der Waals surface area (Å²) in [5.41, 5.74) is 1.75. The van der Waals surface area contributed by atoms with Crippen LogP contribution in [0.15, 0.2) is 70.5 Å². The molecule has 4 aromatic rings. The van der Waals surface area contributed by atoms with Crippen molar-refractivity contribution >= 4 is 49.1 Å². The number of thiazole rings is 1. The number of aromatic nitrogens is 1. The predicted molar refractivity (Wildman–Crippen MR) is 107 cm³/mol. The number of rotatable bonds is 3. The minimum absolute atomic E-state index is 0.0184. The fourth-order valence-electron chi connectivity index (χ4n) is 2.74. The topological polar surface area (TPSA) is 42.0 Å². The molecule has 4 rings (SSSR count). The van der Waals surface area contributed by atoms with Crippen LogP contribution < -0.4 is 5.32 Å². The first-order valence-electron chi connectivity index (χ1n) is 7.82. The first kappa shape index (κ1) is 16.9. The van der Waals surface area contributed by atoms with Gasteiger partial charge in [0, 0.05) is 15.4 Å². The highest BCUT2D eigenvalue weighted by Crippen LogP contribution is 2.31. The number of halogens is 2. The minimum atomic E-state index is -0.581. The molecule has 3 nitrogen and oxygen atoms in total. The van der Waals surface area contributed by atoms with Crippen LogP contribution in [0.3, 0.4) is 0 Å². The van der Waals surface area contributed by atoms with E-state index < -0.39 is 11.7 Å². The molecule has 0 aliphatic heterocycles. The third-order valence-corrected chi connectivity index (χ3v) is 5.22. The summed E-state index contributed by atoms with van der Waals surface area (Å²) in [4.78, 5) is 16.8. The summed E-state index contributed by atoms with van der Waals surface area (Å²) in [6.07, 6.45) is 0. The van der Waals surface area contributed by atoms with Crippen molar-refractivity contribution < 1.29 is 9.18 Å². The van der Waals surface area contributed by atoms with Crippen LogP contribution in [0, 0.1) is 5.82 Å². The van der Waals surface area contributed by atoms with Crippen LogP contribution in [0.2, 0.25) is 0 Å². The Morgan fingerprint density at radius 3 is 2.73 bits per heavy atom. The number of amides is 1. The molecule has 0 bridgehead atoms. The molecule has 0 saturated carbocycles. The number of fused-ring (bicyclic) bond motifs is 1. The Kier molecular flexibility index (Phi) is 4.53. The van der Waals surface area contributed by atoms with Gasteiger partial charge in [0.05, 0.1) is 11.3 Å². The molecule has 0 saturated heterocycles. The lowest BCUT2D eigenvalue weighted by atomic mass is 10.0. The van der Waals surface area contributed by atoms with E-state index >= 15 is 0 Å². The Bertz CT molecular complexity index is 1120. The molecule has 0 aliphatic rings. The van der Waals surface area contributed by atoms with E-state index in [0.717, 1.165) is 22.0 Å². The number of anilines is 1. The van der Waals surface area contributed by atoms with Crippen molar-refractivity contribution in [3.8, 4) is 11.3 Å². The highest BCUT2D eigenvalue weighted by atomic mass is 79.9. The summed E-state index contributed by atoms with van der Waals surface area (Å²) in [6, 6.07) is 18.4. The standard InChI is InChI=1S/C20H12BrFN2OS/c21-13-8-9-16(17(22)10-13)19(25)24-20-23-18(11-26-20)15-7-3-5-12-4-1-2-6-14(12)15/h1-11H,(H,23,24,25).